The number of anilines is 1. The molecule has 2 aliphatic carbocycles. The van der Waals surface area contributed by atoms with Gasteiger partial charge < -0.3 is 10.6 Å². The van der Waals surface area contributed by atoms with Crippen molar-refractivity contribution in [1.29, 1.82) is 0 Å². The minimum Gasteiger partial charge on any atom is -0.348 e. The van der Waals surface area contributed by atoms with Gasteiger partial charge in [-0.1, -0.05) is 19.3 Å². The van der Waals surface area contributed by atoms with E-state index < -0.39 is 0 Å². The lowest BCUT2D eigenvalue weighted by Gasteiger charge is -2.30. The zero-order valence-electron chi connectivity index (χ0n) is 11.2. The van der Waals surface area contributed by atoms with Crippen molar-refractivity contribution in [3.8, 4) is 0 Å². The van der Waals surface area contributed by atoms with Crippen molar-refractivity contribution >= 4 is 16.5 Å². The third-order valence-electron chi connectivity index (χ3n) is 4.29. The van der Waals surface area contributed by atoms with E-state index >= 15 is 0 Å². The molecule has 3 nitrogen and oxygen atoms in total. The zero-order valence-corrected chi connectivity index (χ0v) is 12.0. The van der Waals surface area contributed by atoms with Gasteiger partial charge in [0.2, 0.25) is 0 Å². The molecular formula is C14H23N3S. The van der Waals surface area contributed by atoms with Crippen molar-refractivity contribution in [2.24, 2.45) is 5.73 Å². The number of rotatable bonds is 4. The van der Waals surface area contributed by atoms with Gasteiger partial charge in [-0.25, -0.2) is 4.98 Å². The number of aromatic nitrogens is 1. The van der Waals surface area contributed by atoms with Gasteiger partial charge in [-0.3, -0.25) is 0 Å². The molecule has 1 aromatic heterocycles. The molecule has 0 spiro atoms. The summed E-state index contributed by atoms with van der Waals surface area (Å²) in [5.74, 6) is 0.716. The number of nitrogens with zero attached hydrogens (tertiary/aromatic N) is 2. The molecule has 2 N–H and O–H groups in total. The quantitative estimate of drug-likeness (QED) is 0.908. The average molecular weight is 265 g/mol. The van der Waals surface area contributed by atoms with Crippen LogP contribution in [0.4, 0.5) is 5.13 Å². The van der Waals surface area contributed by atoms with E-state index in [4.69, 9.17) is 10.7 Å². The second-order valence-corrected chi connectivity index (χ2v) is 6.75. The lowest BCUT2D eigenvalue weighted by molar-refractivity contribution is 0.427. The summed E-state index contributed by atoms with van der Waals surface area (Å²) in [5.41, 5.74) is 7.17. The molecule has 2 aliphatic rings. The molecule has 2 fully saturated rings. The lowest BCUT2D eigenvalue weighted by Crippen LogP contribution is -2.33. The van der Waals surface area contributed by atoms with Crippen LogP contribution in [0.3, 0.4) is 0 Å². The Morgan fingerprint density at radius 3 is 2.56 bits per heavy atom. The van der Waals surface area contributed by atoms with Crippen LogP contribution in [-0.4, -0.2) is 18.1 Å². The summed E-state index contributed by atoms with van der Waals surface area (Å²) in [6.07, 6.45) is 9.43. The molecule has 0 amide bonds. The fourth-order valence-corrected chi connectivity index (χ4v) is 4.01. The predicted octanol–water partition coefficient (Wildman–Crippen LogP) is 3.25. The summed E-state index contributed by atoms with van der Waals surface area (Å²) in [6, 6.07) is 0.697. The fourth-order valence-electron chi connectivity index (χ4n) is 2.95. The lowest BCUT2D eigenvalue weighted by atomic mass is 9.95. The molecule has 0 aliphatic heterocycles. The highest BCUT2D eigenvalue weighted by Gasteiger charge is 2.30. The van der Waals surface area contributed by atoms with Gasteiger partial charge in [0.15, 0.2) is 5.13 Å². The Kier molecular flexibility index (Phi) is 3.57. The van der Waals surface area contributed by atoms with Gasteiger partial charge in [0.25, 0.3) is 0 Å². The summed E-state index contributed by atoms with van der Waals surface area (Å²) >= 11 is 1.82. The van der Waals surface area contributed by atoms with Crippen LogP contribution >= 0.6 is 11.3 Å². The van der Waals surface area contributed by atoms with E-state index in [0.717, 1.165) is 0 Å². The summed E-state index contributed by atoms with van der Waals surface area (Å²) in [4.78, 5) is 8.61. The summed E-state index contributed by atoms with van der Waals surface area (Å²) < 4.78 is 0. The summed E-state index contributed by atoms with van der Waals surface area (Å²) in [7, 11) is 2.21. The molecule has 2 saturated carbocycles. The second-order valence-electron chi connectivity index (χ2n) is 5.69. The molecule has 1 heterocycles. The van der Waals surface area contributed by atoms with Crippen molar-refractivity contribution in [2.45, 2.75) is 63.5 Å². The van der Waals surface area contributed by atoms with E-state index in [-0.39, 0.29) is 0 Å². The highest BCUT2D eigenvalue weighted by atomic mass is 32.1. The fraction of sp³-hybridized carbons (Fsp3) is 0.786. The number of nitrogens with two attached hydrogens (primary N) is 1. The van der Waals surface area contributed by atoms with Crippen molar-refractivity contribution < 1.29 is 0 Å². The van der Waals surface area contributed by atoms with E-state index in [2.05, 4.69) is 11.9 Å². The largest absolute Gasteiger partial charge is 0.348 e. The summed E-state index contributed by atoms with van der Waals surface area (Å²) in [6.45, 7) is 0.655. The van der Waals surface area contributed by atoms with Crippen LogP contribution in [0.1, 0.15) is 61.4 Å². The molecular weight excluding hydrogens is 242 g/mol. The number of hydrogen-bond acceptors (Lipinski definition) is 4. The van der Waals surface area contributed by atoms with Gasteiger partial charge in [0, 0.05) is 30.4 Å². The maximum atomic E-state index is 5.86. The predicted molar refractivity (Wildman–Crippen MR) is 77.3 cm³/mol. The SMILES string of the molecule is CN(c1nc(C2CC2)c(CN)s1)C1CCCCC1. The number of thiazole rings is 1. The Hall–Kier alpha value is -0.610. The van der Waals surface area contributed by atoms with Gasteiger partial charge >= 0.3 is 0 Å². The van der Waals surface area contributed by atoms with Crippen LogP contribution < -0.4 is 10.6 Å². The van der Waals surface area contributed by atoms with Crippen LogP contribution in [0, 0.1) is 0 Å². The van der Waals surface area contributed by atoms with Gasteiger partial charge in [0.1, 0.15) is 0 Å². The third-order valence-corrected chi connectivity index (χ3v) is 5.47. The van der Waals surface area contributed by atoms with Crippen molar-refractivity contribution in [2.75, 3.05) is 11.9 Å². The van der Waals surface area contributed by atoms with E-state index in [9.17, 15) is 0 Å². The summed E-state index contributed by atoms with van der Waals surface area (Å²) in [5, 5.41) is 1.20. The molecule has 4 heteroatoms. The van der Waals surface area contributed by atoms with Gasteiger partial charge in [-0.05, 0) is 25.7 Å². The number of hydrogen-bond donors (Lipinski definition) is 1. The monoisotopic (exact) mass is 265 g/mol. The third kappa shape index (κ3) is 2.41. The molecule has 0 radical (unpaired) electrons. The van der Waals surface area contributed by atoms with Crippen LogP contribution in [0.15, 0.2) is 0 Å². The van der Waals surface area contributed by atoms with Crippen LogP contribution in [0.25, 0.3) is 0 Å². The Morgan fingerprint density at radius 1 is 1.22 bits per heavy atom. The van der Waals surface area contributed by atoms with E-state index in [1.165, 1.54) is 60.6 Å². The molecule has 0 unspecified atom stereocenters. The first kappa shape index (κ1) is 12.4. The van der Waals surface area contributed by atoms with Gasteiger partial charge in [-0.15, -0.1) is 11.3 Å². The van der Waals surface area contributed by atoms with Crippen molar-refractivity contribution in [3.05, 3.63) is 10.6 Å². The first-order valence-electron chi connectivity index (χ1n) is 7.22. The molecule has 0 bridgehead atoms. The Labute approximate surface area is 113 Å². The molecule has 18 heavy (non-hydrogen) atoms. The molecule has 1 aromatic rings. The first-order valence-corrected chi connectivity index (χ1v) is 8.03. The standard InChI is InChI=1S/C14H23N3S/c1-17(11-5-3-2-4-6-11)14-16-13(10-7-8-10)12(9-15)18-14/h10-11H,2-9,15H2,1H3. The second kappa shape index (κ2) is 5.17. The van der Waals surface area contributed by atoms with Crippen LogP contribution in [0.5, 0.6) is 0 Å². The average Bonchev–Trinajstić information content (AvgIpc) is 3.18. The zero-order chi connectivity index (χ0) is 12.5. The molecule has 0 saturated heterocycles. The van der Waals surface area contributed by atoms with E-state index in [1.54, 1.807) is 0 Å². The van der Waals surface area contributed by atoms with E-state index in [0.29, 0.717) is 18.5 Å². The maximum absolute atomic E-state index is 5.86. The van der Waals surface area contributed by atoms with Gasteiger partial charge in [0.05, 0.1) is 5.69 Å². The van der Waals surface area contributed by atoms with Crippen molar-refractivity contribution in [1.82, 2.24) is 4.98 Å². The van der Waals surface area contributed by atoms with Gasteiger partial charge in [-0.2, -0.15) is 0 Å². The minimum absolute atomic E-state index is 0.655. The Bertz CT molecular complexity index is 405. The minimum atomic E-state index is 0.655. The molecule has 0 aromatic carbocycles. The topological polar surface area (TPSA) is 42.2 Å². The molecule has 3 rings (SSSR count). The highest BCUT2D eigenvalue weighted by Crippen LogP contribution is 2.44. The Morgan fingerprint density at radius 2 is 1.94 bits per heavy atom. The van der Waals surface area contributed by atoms with Crippen molar-refractivity contribution in [3.63, 3.8) is 0 Å². The van der Waals surface area contributed by atoms with E-state index in [1.807, 2.05) is 11.3 Å². The maximum Gasteiger partial charge on any atom is 0.185 e. The highest BCUT2D eigenvalue weighted by molar-refractivity contribution is 7.15. The molecule has 100 valence electrons. The Balaban J connectivity index is 1.77. The van der Waals surface area contributed by atoms with Crippen LogP contribution in [-0.2, 0) is 6.54 Å². The normalized spacial score (nSPS) is 21.2. The first-order chi connectivity index (χ1) is 8.79. The molecule has 0 atom stereocenters. The van der Waals surface area contributed by atoms with Crippen LogP contribution in [0.2, 0.25) is 0 Å². The smallest absolute Gasteiger partial charge is 0.185 e.